The van der Waals surface area contributed by atoms with Crippen LogP contribution in [0.2, 0.25) is 5.02 Å². The summed E-state index contributed by atoms with van der Waals surface area (Å²) in [4.78, 5) is 28.6. The number of oxime groups is 1. The topological polar surface area (TPSA) is 77.0 Å². The highest BCUT2D eigenvalue weighted by atomic mass is 35.5. The molecule has 0 bridgehead atoms. The lowest BCUT2D eigenvalue weighted by Gasteiger charge is -2.05. The SMILES string of the molecule is COC(=O)C1=C(C)NC(=O)[C@@H]1/C=N\OCc1ccc(Cl)cc1. The number of ether oxygens (including phenoxy) is 1. The molecule has 1 aliphatic heterocycles. The second-order valence-electron chi connectivity index (χ2n) is 4.65. The van der Waals surface area contributed by atoms with Crippen molar-refractivity contribution in [3.8, 4) is 0 Å². The van der Waals surface area contributed by atoms with Crippen molar-refractivity contribution in [2.24, 2.45) is 11.1 Å². The third kappa shape index (κ3) is 3.65. The van der Waals surface area contributed by atoms with E-state index >= 15 is 0 Å². The van der Waals surface area contributed by atoms with Crippen LogP contribution >= 0.6 is 11.6 Å². The molecule has 0 fully saturated rings. The molecule has 0 aromatic heterocycles. The van der Waals surface area contributed by atoms with E-state index in [1.807, 2.05) is 12.1 Å². The van der Waals surface area contributed by atoms with Gasteiger partial charge in [-0.05, 0) is 24.6 Å². The average molecular weight is 323 g/mol. The number of hydrogen-bond acceptors (Lipinski definition) is 5. The zero-order valence-corrected chi connectivity index (χ0v) is 12.9. The fourth-order valence-electron chi connectivity index (χ4n) is 2.02. The van der Waals surface area contributed by atoms with Gasteiger partial charge >= 0.3 is 5.97 Å². The summed E-state index contributed by atoms with van der Waals surface area (Å²) in [5, 5.41) is 6.97. The van der Waals surface area contributed by atoms with Gasteiger partial charge in [-0.2, -0.15) is 0 Å². The zero-order chi connectivity index (χ0) is 16.1. The number of methoxy groups -OCH3 is 1. The zero-order valence-electron chi connectivity index (χ0n) is 12.1. The van der Waals surface area contributed by atoms with Crippen molar-refractivity contribution in [2.75, 3.05) is 7.11 Å². The standard InChI is InChI=1S/C15H15ClN2O4/c1-9-13(15(20)21-2)12(14(19)18-9)7-17-22-8-10-3-5-11(16)6-4-10/h3-7,12H,8H2,1-2H3,(H,18,19)/b17-7-/t12-/m1/s1. The van der Waals surface area contributed by atoms with Crippen LogP contribution in [0.1, 0.15) is 12.5 Å². The number of carbonyl (C=O) groups excluding carboxylic acids is 2. The van der Waals surface area contributed by atoms with Crippen LogP contribution in [0.15, 0.2) is 40.7 Å². The molecule has 1 N–H and O–H groups in total. The van der Waals surface area contributed by atoms with Crippen molar-refractivity contribution in [3.05, 3.63) is 46.1 Å². The largest absolute Gasteiger partial charge is 0.466 e. The first-order valence-corrected chi connectivity index (χ1v) is 6.90. The molecule has 116 valence electrons. The lowest BCUT2D eigenvalue weighted by atomic mass is 10.0. The first-order valence-electron chi connectivity index (χ1n) is 6.52. The van der Waals surface area contributed by atoms with E-state index in [1.54, 1.807) is 19.1 Å². The molecule has 0 saturated carbocycles. The molecule has 0 radical (unpaired) electrons. The van der Waals surface area contributed by atoms with E-state index in [2.05, 4.69) is 15.2 Å². The Kier molecular flexibility index (Phi) is 5.16. The number of allylic oxidation sites excluding steroid dienone is 1. The minimum Gasteiger partial charge on any atom is -0.466 e. The van der Waals surface area contributed by atoms with E-state index in [1.165, 1.54) is 13.3 Å². The van der Waals surface area contributed by atoms with Crippen molar-refractivity contribution < 1.29 is 19.2 Å². The smallest absolute Gasteiger partial charge is 0.336 e. The van der Waals surface area contributed by atoms with Crippen LogP contribution in [0.25, 0.3) is 0 Å². The van der Waals surface area contributed by atoms with Crippen LogP contribution < -0.4 is 5.32 Å². The second kappa shape index (κ2) is 7.09. The van der Waals surface area contributed by atoms with Gasteiger partial charge in [0, 0.05) is 10.7 Å². The maximum absolute atomic E-state index is 11.8. The van der Waals surface area contributed by atoms with Crippen molar-refractivity contribution in [1.29, 1.82) is 0 Å². The molecule has 1 atom stereocenters. The third-order valence-corrected chi connectivity index (χ3v) is 3.39. The number of esters is 1. The summed E-state index contributed by atoms with van der Waals surface area (Å²) in [6, 6.07) is 7.11. The number of benzene rings is 1. The molecule has 6 nitrogen and oxygen atoms in total. The van der Waals surface area contributed by atoms with Crippen molar-refractivity contribution in [1.82, 2.24) is 5.32 Å². The number of rotatable bonds is 5. The van der Waals surface area contributed by atoms with Gasteiger partial charge in [0.15, 0.2) is 0 Å². The predicted octanol–water partition coefficient (Wildman–Crippen LogP) is 2.04. The monoisotopic (exact) mass is 322 g/mol. The number of nitrogens with one attached hydrogen (secondary N) is 1. The first kappa shape index (κ1) is 16.0. The van der Waals surface area contributed by atoms with Crippen LogP contribution in [-0.4, -0.2) is 25.2 Å². The van der Waals surface area contributed by atoms with Crippen LogP contribution in [-0.2, 0) is 25.8 Å². The Morgan fingerprint density at radius 3 is 2.73 bits per heavy atom. The highest BCUT2D eigenvalue weighted by Gasteiger charge is 2.35. The molecule has 2 rings (SSSR count). The molecule has 1 aromatic rings. The molecule has 0 aliphatic carbocycles. The van der Waals surface area contributed by atoms with E-state index < -0.39 is 11.9 Å². The molecule has 1 heterocycles. The lowest BCUT2D eigenvalue weighted by Crippen LogP contribution is -2.24. The summed E-state index contributed by atoms with van der Waals surface area (Å²) in [6.45, 7) is 1.87. The minimum absolute atomic E-state index is 0.234. The molecule has 0 saturated heterocycles. The minimum atomic E-state index is -0.808. The van der Waals surface area contributed by atoms with Gasteiger partial charge in [-0.1, -0.05) is 28.9 Å². The van der Waals surface area contributed by atoms with Gasteiger partial charge < -0.3 is 14.9 Å². The van der Waals surface area contributed by atoms with Crippen LogP contribution in [0.4, 0.5) is 0 Å². The van der Waals surface area contributed by atoms with Crippen LogP contribution in [0, 0.1) is 5.92 Å². The van der Waals surface area contributed by atoms with Gasteiger partial charge in [0.1, 0.15) is 12.5 Å². The number of amides is 1. The molecule has 1 amide bonds. The Bertz CT molecular complexity index is 637. The van der Waals surface area contributed by atoms with Gasteiger partial charge in [-0.3, -0.25) is 4.79 Å². The van der Waals surface area contributed by atoms with Crippen molar-refractivity contribution in [2.45, 2.75) is 13.5 Å². The maximum atomic E-state index is 11.8. The summed E-state index contributed by atoms with van der Waals surface area (Å²) in [7, 11) is 1.26. The molecule has 1 aromatic carbocycles. The van der Waals surface area contributed by atoms with E-state index in [-0.39, 0.29) is 18.1 Å². The summed E-state index contributed by atoms with van der Waals surface area (Å²) in [5.74, 6) is -1.71. The summed E-state index contributed by atoms with van der Waals surface area (Å²) >= 11 is 5.78. The van der Waals surface area contributed by atoms with Gasteiger partial charge in [-0.25, -0.2) is 4.79 Å². The fourth-order valence-corrected chi connectivity index (χ4v) is 2.15. The normalized spacial score (nSPS) is 17.8. The number of carbonyl (C=O) groups is 2. The number of hydrogen-bond donors (Lipinski definition) is 1. The van der Waals surface area contributed by atoms with E-state index in [0.717, 1.165) is 5.56 Å². The number of nitrogens with zero attached hydrogens (tertiary/aromatic N) is 1. The molecule has 0 spiro atoms. The molecule has 7 heteroatoms. The Hall–Kier alpha value is -2.34. The molecular formula is C15H15ClN2O4. The van der Waals surface area contributed by atoms with Crippen molar-refractivity contribution in [3.63, 3.8) is 0 Å². The molecular weight excluding hydrogens is 308 g/mol. The maximum Gasteiger partial charge on any atom is 0.336 e. The lowest BCUT2D eigenvalue weighted by molar-refractivity contribution is -0.137. The van der Waals surface area contributed by atoms with Crippen LogP contribution in [0.5, 0.6) is 0 Å². The quantitative estimate of drug-likeness (QED) is 0.511. The summed E-state index contributed by atoms with van der Waals surface area (Å²) in [6.07, 6.45) is 1.29. The predicted molar refractivity (Wildman–Crippen MR) is 81.1 cm³/mol. The third-order valence-electron chi connectivity index (χ3n) is 3.14. The Balaban J connectivity index is 1.98. The van der Waals surface area contributed by atoms with E-state index in [4.69, 9.17) is 16.4 Å². The summed E-state index contributed by atoms with van der Waals surface area (Å²) < 4.78 is 4.67. The molecule has 0 unspecified atom stereocenters. The van der Waals surface area contributed by atoms with Gasteiger partial charge in [0.2, 0.25) is 5.91 Å². The highest BCUT2D eigenvalue weighted by molar-refractivity contribution is 6.30. The van der Waals surface area contributed by atoms with Crippen molar-refractivity contribution >= 4 is 29.7 Å². The average Bonchev–Trinajstić information content (AvgIpc) is 2.78. The van der Waals surface area contributed by atoms with E-state index in [9.17, 15) is 9.59 Å². The van der Waals surface area contributed by atoms with Crippen LogP contribution in [0.3, 0.4) is 0 Å². The Morgan fingerprint density at radius 2 is 2.09 bits per heavy atom. The molecule has 22 heavy (non-hydrogen) atoms. The van der Waals surface area contributed by atoms with Gasteiger partial charge in [0.05, 0.1) is 18.9 Å². The van der Waals surface area contributed by atoms with Gasteiger partial charge in [-0.15, -0.1) is 0 Å². The van der Waals surface area contributed by atoms with E-state index in [0.29, 0.717) is 10.7 Å². The second-order valence-corrected chi connectivity index (χ2v) is 5.09. The Morgan fingerprint density at radius 1 is 1.41 bits per heavy atom. The highest BCUT2D eigenvalue weighted by Crippen LogP contribution is 2.21. The summed E-state index contributed by atoms with van der Waals surface area (Å²) in [5.41, 5.74) is 1.59. The van der Waals surface area contributed by atoms with Gasteiger partial charge in [0.25, 0.3) is 0 Å². The first-order chi connectivity index (χ1) is 10.5. The molecule has 1 aliphatic rings. The Labute approximate surface area is 132 Å². The fraction of sp³-hybridized carbons (Fsp3) is 0.267. The number of halogens is 1.